The quantitative estimate of drug-likeness (QED) is 0.553. The Morgan fingerprint density at radius 1 is 1.22 bits per heavy atom. The molecule has 0 aliphatic rings. The normalized spacial score (nSPS) is 10.5. The van der Waals surface area contributed by atoms with E-state index in [9.17, 15) is 14.5 Å². The Balaban J connectivity index is 1.65. The molecule has 0 radical (unpaired) electrons. The number of hydrogen-bond acceptors (Lipinski definition) is 6. The molecular formula is C14H11FN6O2. The van der Waals surface area contributed by atoms with E-state index >= 15 is 0 Å². The van der Waals surface area contributed by atoms with Crippen molar-refractivity contribution in [3.63, 3.8) is 0 Å². The van der Waals surface area contributed by atoms with Crippen molar-refractivity contribution < 1.29 is 9.31 Å². The third kappa shape index (κ3) is 3.46. The lowest BCUT2D eigenvalue weighted by Crippen LogP contribution is -2.03. The van der Waals surface area contributed by atoms with Gasteiger partial charge in [0.15, 0.2) is 5.82 Å². The van der Waals surface area contributed by atoms with Gasteiger partial charge in [0.1, 0.15) is 23.7 Å². The van der Waals surface area contributed by atoms with Crippen LogP contribution >= 0.6 is 0 Å². The Bertz CT molecular complexity index is 816. The number of aromatic amines is 1. The van der Waals surface area contributed by atoms with Gasteiger partial charge in [0, 0.05) is 11.6 Å². The van der Waals surface area contributed by atoms with Gasteiger partial charge in [-0.05, 0) is 30.3 Å². The molecule has 0 fully saturated rings. The third-order valence-corrected chi connectivity index (χ3v) is 3.03. The highest BCUT2D eigenvalue weighted by molar-refractivity contribution is 5.54. The number of nitrogens with one attached hydrogen (secondary N) is 2. The average molecular weight is 314 g/mol. The van der Waals surface area contributed by atoms with E-state index in [0.717, 1.165) is 0 Å². The number of rotatable bonds is 5. The Kier molecular flexibility index (Phi) is 3.91. The second-order valence-corrected chi connectivity index (χ2v) is 4.62. The number of hydrogen-bond donors (Lipinski definition) is 2. The first-order chi connectivity index (χ1) is 11.1. The van der Waals surface area contributed by atoms with Crippen molar-refractivity contribution in [2.75, 3.05) is 5.32 Å². The molecule has 0 atom stereocenters. The molecule has 2 N–H and O–H groups in total. The highest BCUT2D eigenvalue weighted by atomic mass is 19.1. The van der Waals surface area contributed by atoms with E-state index in [-0.39, 0.29) is 11.5 Å². The number of halogens is 1. The lowest BCUT2D eigenvalue weighted by Gasteiger charge is -2.01. The zero-order valence-corrected chi connectivity index (χ0v) is 11.7. The van der Waals surface area contributed by atoms with Crippen molar-refractivity contribution >= 4 is 11.5 Å². The van der Waals surface area contributed by atoms with Gasteiger partial charge in [-0.3, -0.25) is 15.2 Å². The van der Waals surface area contributed by atoms with Crippen LogP contribution in [0, 0.1) is 15.9 Å². The van der Waals surface area contributed by atoms with Crippen LogP contribution in [0.3, 0.4) is 0 Å². The van der Waals surface area contributed by atoms with Crippen LogP contribution < -0.4 is 5.32 Å². The van der Waals surface area contributed by atoms with Crippen LogP contribution in [0.1, 0.15) is 5.82 Å². The molecule has 3 aromatic rings. The van der Waals surface area contributed by atoms with Crippen molar-refractivity contribution in [3.8, 4) is 11.4 Å². The minimum absolute atomic E-state index is 0.0752. The first-order valence-corrected chi connectivity index (χ1v) is 6.63. The maximum atomic E-state index is 12.9. The predicted octanol–water partition coefficient (Wildman–Crippen LogP) is 2.53. The molecule has 0 saturated carbocycles. The van der Waals surface area contributed by atoms with Gasteiger partial charge in [0.25, 0.3) is 5.69 Å². The van der Waals surface area contributed by atoms with Gasteiger partial charge in [-0.2, -0.15) is 5.10 Å². The Morgan fingerprint density at radius 3 is 2.65 bits per heavy atom. The summed E-state index contributed by atoms with van der Waals surface area (Å²) in [6.07, 6.45) is 1.17. The topological polar surface area (TPSA) is 110 Å². The first-order valence-electron chi connectivity index (χ1n) is 6.63. The molecule has 0 aliphatic carbocycles. The first kappa shape index (κ1) is 14.6. The summed E-state index contributed by atoms with van der Waals surface area (Å²) in [5.74, 6) is 1.17. The number of nitro groups is 1. The van der Waals surface area contributed by atoms with E-state index in [1.165, 1.54) is 30.5 Å². The molecule has 0 aliphatic heterocycles. The number of nitrogens with zero attached hydrogens (tertiary/aromatic N) is 4. The zero-order chi connectivity index (χ0) is 16.2. The summed E-state index contributed by atoms with van der Waals surface area (Å²) in [6.45, 7) is 0.318. The Labute approximate surface area is 129 Å². The highest BCUT2D eigenvalue weighted by Gasteiger charge is 2.08. The average Bonchev–Trinajstić information content (AvgIpc) is 3.03. The number of aromatic nitrogens is 4. The molecule has 1 aromatic carbocycles. The lowest BCUT2D eigenvalue weighted by molar-refractivity contribution is -0.385. The maximum absolute atomic E-state index is 12.9. The molecule has 0 spiro atoms. The van der Waals surface area contributed by atoms with Crippen molar-refractivity contribution in [3.05, 3.63) is 64.4 Å². The van der Waals surface area contributed by atoms with Crippen molar-refractivity contribution in [2.24, 2.45) is 0 Å². The summed E-state index contributed by atoms with van der Waals surface area (Å²) < 4.78 is 12.9. The number of benzene rings is 1. The van der Waals surface area contributed by atoms with Gasteiger partial charge in [-0.1, -0.05) is 0 Å². The van der Waals surface area contributed by atoms with Crippen LogP contribution in [-0.2, 0) is 6.54 Å². The molecule has 0 bridgehead atoms. The van der Waals surface area contributed by atoms with E-state index < -0.39 is 4.92 Å². The van der Waals surface area contributed by atoms with E-state index in [1.54, 1.807) is 12.1 Å². The molecule has 2 aromatic heterocycles. The largest absolute Gasteiger partial charge is 0.363 e. The van der Waals surface area contributed by atoms with Gasteiger partial charge in [0.05, 0.1) is 11.5 Å². The second-order valence-electron chi connectivity index (χ2n) is 4.62. The van der Waals surface area contributed by atoms with Gasteiger partial charge in [-0.25, -0.2) is 14.4 Å². The zero-order valence-electron chi connectivity index (χ0n) is 11.7. The van der Waals surface area contributed by atoms with Gasteiger partial charge in [0.2, 0.25) is 0 Å². The molecule has 0 unspecified atom stereocenters. The number of anilines is 1. The van der Waals surface area contributed by atoms with Crippen LogP contribution in [0.4, 0.5) is 15.9 Å². The van der Waals surface area contributed by atoms with Crippen molar-refractivity contribution in [2.45, 2.75) is 6.54 Å². The van der Waals surface area contributed by atoms with Crippen molar-refractivity contribution in [1.82, 2.24) is 20.2 Å². The minimum Gasteiger partial charge on any atom is -0.363 e. The van der Waals surface area contributed by atoms with Crippen LogP contribution in [0.25, 0.3) is 11.4 Å². The molecule has 116 valence electrons. The summed E-state index contributed by atoms with van der Waals surface area (Å²) in [6, 6.07) is 8.73. The van der Waals surface area contributed by atoms with E-state index in [1.807, 2.05) is 0 Å². The van der Waals surface area contributed by atoms with E-state index in [2.05, 4.69) is 25.5 Å². The minimum atomic E-state index is -0.512. The maximum Gasteiger partial charge on any atom is 0.287 e. The standard InChI is InChI=1S/C14H11FN6O2/c15-10-3-1-9(2-4-10)14-18-13(19-20-14)8-17-12-6-5-11(7-16-12)21(22)23/h1-7H,8H2,(H,16,17)(H,18,19,20). The fourth-order valence-electron chi connectivity index (χ4n) is 1.88. The fraction of sp³-hybridized carbons (Fsp3) is 0.0714. The Hall–Kier alpha value is -3.36. The summed E-state index contributed by atoms with van der Waals surface area (Å²) in [5.41, 5.74) is 0.621. The monoisotopic (exact) mass is 314 g/mol. The molecule has 23 heavy (non-hydrogen) atoms. The smallest absolute Gasteiger partial charge is 0.287 e. The van der Waals surface area contributed by atoms with E-state index in [0.29, 0.717) is 29.6 Å². The Morgan fingerprint density at radius 2 is 2.00 bits per heavy atom. The highest BCUT2D eigenvalue weighted by Crippen LogP contribution is 2.16. The summed E-state index contributed by atoms with van der Waals surface area (Å²) >= 11 is 0. The van der Waals surface area contributed by atoms with Crippen LogP contribution in [0.5, 0.6) is 0 Å². The van der Waals surface area contributed by atoms with Gasteiger partial charge < -0.3 is 5.32 Å². The van der Waals surface area contributed by atoms with Gasteiger partial charge in [-0.15, -0.1) is 0 Å². The lowest BCUT2D eigenvalue weighted by atomic mass is 10.2. The summed E-state index contributed by atoms with van der Waals surface area (Å²) in [7, 11) is 0. The third-order valence-electron chi connectivity index (χ3n) is 3.03. The van der Waals surface area contributed by atoms with Crippen LogP contribution in [0.15, 0.2) is 42.6 Å². The molecule has 3 rings (SSSR count). The molecule has 9 heteroatoms. The SMILES string of the molecule is O=[N+]([O-])c1ccc(NCc2nc(-c3ccc(F)cc3)n[nH]2)nc1. The van der Waals surface area contributed by atoms with Gasteiger partial charge >= 0.3 is 0 Å². The fourth-order valence-corrected chi connectivity index (χ4v) is 1.88. The molecular weight excluding hydrogens is 303 g/mol. The van der Waals surface area contributed by atoms with Crippen LogP contribution in [-0.4, -0.2) is 25.1 Å². The molecule has 8 nitrogen and oxygen atoms in total. The second kappa shape index (κ2) is 6.18. The van der Waals surface area contributed by atoms with E-state index in [4.69, 9.17) is 0 Å². The summed E-state index contributed by atoms with van der Waals surface area (Å²) in [4.78, 5) is 18.3. The molecule has 0 amide bonds. The summed E-state index contributed by atoms with van der Waals surface area (Å²) in [5, 5.41) is 20.3. The molecule has 0 saturated heterocycles. The predicted molar refractivity (Wildman–Crippen MR) is 80.0 cm³/mol. The molecule has 2 heterocycles. The van der Waals surface area contributed by atoms with Crippen molar-refractivity contribution in [1.29, 1.82) is 0 Å². The number of H-pyrrole nitrogens is 1. The van der Waals surface area contributed by atoms with Crippen LogP contribution in [0.2, 0.25) is 0 Å². The number of pyridine rings is 1.